The Labute approximate surface area is 252 Å². The standard InChI is InChI=1S/C21H16N5.C11H8N.CN.Ir/c1-25-18-9-5-3-7-16(18)23-20(25)14-11-15(13-22-12-14)21-24-17-8-4-6-10-19(17)26(21)2;1-2-6-10(7-3-1)11-8-4-5-9-12-11;1-2;/h3-10,12-13H,1-2H3;1-6,8-9H;;/q3*-1;+3. The molecule has 0 radical (unpaired) electrons. The first kappa shape index (κ1) is 29.0. The number of para-hydroxylation sites is 4. The van der Waals surface area contributed by atoms with Crippen molar-refractivity contribution in [3.05, 3.63) is 128 Å². The Morgan fingerprint density at radius 3 is 1.68 bits per heavy atom. The Morgan fingerprint density at radius 1 is 0.659 bits per heavy atom. The van der Waals surface area contributed by atoms with Crippen LogP contribution in [0, 0.1) is 24.0 Å². The molecule has 8 heteroatoms. The summed E-state index contributed by atoms with van der Waals surface area (Å²) in [6, 6.07) is 36.5. The maximum Gasteiger partial charge on any atom is 3.00 e. The molecule has 0 saturated carbocycles. The van der Waals surface area contributed by atoms with Gasteiger partial charge in [-0.1, -0.05) is 47.5 Å². The van der Waals surface area contributed by atoms with Crippen molar-refractivity contribution in [1.82, 2.24) is 29.1 Å². The maximum absolute atomic E-state index is 6.25. The van der Waals surface area contributed by atoms with E-state index in [1.807, 2.05) is 93.0 Å². The second-order valence-electron chi connectivity index (χ2n) is 8.82. The minimum Gasteiger partial charge on any atom is -0.512 e. The van der Waals surface area contributed by atoms with E-state index < -0.39 is 0 Å². The van der Waals surface area contributed by atoms with Crippen LogP contribution in [0.25, 0.3) is 56.1 Å². The van der Waals surface area contributed by atoms with Gasteiger partial charge in [0.15, 0.2) is 0 Å². The number of hydrogen-bond donors (Lipinski definition) is 0. The van der Waals surface area contributed by atoms with Gasteiger partial charge in [0.25, 0.3) is 0 Å². The minimum absolute atomic E-state index is 0. The normalized spacial score (nSPS) is 10.1. The average molecular weight is 711 g/mol. The van der Waals surface area contributed by atoms with Gasteiger partial charge < -0.3 is 30.9 Å². The van der Waals surface area contributed by atoms with Crippen LogP contribution in [0.3, 0.4) is 0 Å². The molecule has 7 aromatic rings. The molecule has 7 rings (SSSR count). The van der Waals surface area contributed by atoms with Crippen LogP contribution in [0.5, 0.6) is 0 Å². The molecule has 0 aliphatic heterocycles. The summed E-state index contributed by atoms with van der Waals surface area (Å²) < 4.78 is 4.14. The Bertz CT molecular complexity index is 1760. The first-order chi connectivity index (χ1) is 19.7. The van der Waals surface area contributed by atoms with Gasteiger partial charge in [-0.3, -0.25) is 9.97 Å². The summed E-state index contributed by atoms with van der Waals surface area (Å²) in [5.74, 6) is 1.69. The first-order valence-corrected chi connectivity index (χ1v) is 12.5. The molecule has 0 aliphatic carbocycles. The molecule has 200 valence electrons. The van der Waals surface area contributed by atoms with Gasteiger partial charge in [-0.25, -0.2) is 0 Å². The third kappa shape index (κ3) is 6.12. The fraction of sp³-hybridized carbons (Fsp3) is 0.0606. The van der Waals surface area contributed by atoms with Gasteiger partial charge in [0.05, 0.1) is 33.7 Å². The van der Waals surface area contributed by atoms with E-state index in [0.29, 0.717) is 0 Å². The zero-order valence-electron chi connectivity index (χ0n) is 22.4. The van der Waals surface area contributed by atoms with Crippen molar-refractivity contribution in [3.8, 4) is 34.0 Å². The molecule has 41 heavy (non-hydrogen) atoms. The molecule has 0 amide bonds. The summed E-state index contributed by atoms with van der Waals surface area (Å²) in [6.45, 7) is 4.75. The van der Waals surface area contributed by atoms with Crippen LogP contribution in [0.4, 0.5) is 0 Å². The molecule has 4 heterocycles. The van der Waals surface area contributed by atoms with Crippen LogP contribution in [0.2, 0.25) is 0 Å². The van der Waals surface area contributed by atoms with Gasteiger partial charge >= 0.3 is 20.1 Å². The molecule has 0 aliphatic rings. The molecular weight excluding hydrogens is 687 g/mol. The van der Waals surface area contributed by atoms with E-state index in [4.69, 9.17) is 21.8 Å². The molecule has 0 bridgehead atoms. The number of benzene rings is 3. The van der Waals surface area contributed by atoms with Crippen molar-refractivity contribution < 1.29 is 20.1 Å². The zero-order chi connectivity index (χ0) is 27.9. The van der Waals surface area contributed by atoms with Gasteiger partial charge in [-0.05, 0) is 48.4 Å². The van der Waals surface area contributed by atoms with Crippen LogP contribution in [0.15, 0.2) is 110 Å². The quantitative estimate of drug-likeness (QED) is 0.192. The van der Waals surface area contributed by atoms with Crippen molar-refractivity contribution in [2.24, 2.45) is 14.1 Å². The number of pyridine rings is 2. The van der Waals surface area contributed by atoms with E-state index in [-0.39, 0.29) is 20.1 Å². The summed E-state index contributed by atoms with van der Waals surface area (Å²) in [5, 5.41) is 6.25. The molecular formula is C33H24IrN7. The van der Waals surface area contributed by atoms with Crippen LogP contribution < -0.4 is 0 Å². The molecule has 7 nitrogen and oxygen atoms in total. The fourth-order valence-corrected chi connectivity index (χ4v) is 4.47. The molecule has 0 saturated heterocycles. The Morgan fingerprint density at radius 2 is 1.20 bits per heavy atom. The van der Waals surface area contributed by atoms with Gasteiger partial charge in [0, 0.05) is 20.3 Å². The van der Waals surface area contributed by atoms with Gasteiger partial charge in [-0.15, -0.1) is 42.0 Å². The summed E-state index contributed by atoms with van der Waals surface area (Å²) in [5.41, 5.74) is 7.82. The summed E-state index contributed by atoms with van der Waals surface area (Å²) >= 11 is 0. The molecule has 4 aromatic heterocycles. The van der Waals surface area contributed by atoms with Gasteiger partial charge in [-0.2, -0.15) is 0 Å². The van der Waals surface area contributed by atoms with E-state index in [1.165, 1.54) is 0 Å². The Balaban J connectivity index is 0.000000218. The van der Waals surface area contributed by atoms with E-state index in [0.717, 1.165) is 56.1 Å². The van der Waals surface area contributed by atoms with Crippen molar-refractivity contribution in [2.45, 2.75) is 0 Å². The zero-order valence-corrected chi connectivity index (χ0v) is 24.8. The van der Waals surface area contributed by atoms with Crippen LogP contribution >= 0.6 is 0 Å². The van der Waals surface area contributed by atoms with Crippen LogP contribution in [-0.4, -0.2) is 29.1 Å². The smallest absolute Gasteiger partial charge is 0.512 e. The van der Waals surface area contributed by atoms with Gasteiger partial charge in [0.1, 0.15) is 0 Å². The minimum atomic E-state index is 0. The van der Waals surface area contributed by atoms with Crippen molar-refractivity contribution in [1.29, 1.82) is 5.26 Å². The van der Waals surface area contributed by atoms with Crippen LogP contribution in [-0.2, 0) is 34.2 Å². The monoisotopic (exact) mass is 711 g/mol. The molecule has 0 fully saturated rings. The first-order valence-electron chi connectivity index (χ1n) is 12.5. The summed E-state index contributed by atoms with van der Waals surface area (Å²) in [4.78, 5) is 18.1. The number of nitrogens with zero attached hydrogens (tertiary/aromatic N) is 7. The maximum atomic E-state index is 6.25. The molecule has 3 aromatic carbocycles. The Kier molecular flexibility index (Phi) is 9.49. The molecule has 0 unspecified atom stereocenters. The fourth-order valence-electron chi connectivity index (χ4n) is 4.47. The van der Waals surface area contributed by atoms with E-state index in [1.54, 1.807) is 18.6 Å². The number of aryl methyl sites for hydroxylation is 2. The predicted octanol–water partition coefficient (Wildman–Crippen LogP) is 6.63. The number of aromatic nitrogens is 6. The second-order valence-corrected chi connectivity index (χ2v) is 8.82. The SMILES string of the molecule is Cn1c(-c2[c-]c(-c3nc4ccccc4n3C)cnc2)nc2ccccc21.[C-]#N.[Ir+3].[c-]1ccccc1-c1ccccn1. The van der Waals surface area contributed by atoms with Crippen molar-refractivity contribution in [3.63, 3.8) is 0 Å². The molecule has 0 N–H and O–H groups in total. The topological polar surface area (TPSA) is 85.2 Å². The number of fused-ring (bicyclic) bond motifs is 2. The molecule has 0 atom stereocenters. The van der Waals surface area contributed by atoms with Crippen LogP contribution in [0.1, 0.15) is 0 Å². The van der Waals surface area contributed by atoms with E-state index >= 15 is 0 Å². The molecule has 0 spiro atoms. The number of rotatable bonds is 3. The third-order valence-corrected chi connectivity index (χ3v) is 6.38. The van der Waals surface area contributed by atoms with E-state index in [9.17, 15) is 0 Å². The number of hydrogen-bond acceptors (Lipinski definition) is 5. The van der Waals surface area contributed by atoms with Crippen molar-refractivity contribution in [2.75, 3.05) is 0 Å². The Hall–Kier alpha value is -4.96. The number of imidazole rings is 2. The van der Waals surface area contributed by atoms with Gasteiger partial charge in [0.2, 0.25) is 0 Å². The average Bonchev–Trinajstić information content (AvgIpc) is 3.56. The predicted molar refractivity (Wildman–Crippen MR) is 156 cm³/mol. The summed E-state index contributed by atoms with van der Waals surface area (Å²) in [6.07, 6.45) is 5.39. The summed E-state index contributed by atoms with van der Waals surface area (Å²) in [7, 11) is 4.03. The second kappa shape index (κ2) is 13.4. The largest absolute Gasteiger partial charge is 3.00 e. The van der Waals surface area contributed by atoms with Crippen molar-refractivity contribution >= 4 is 22.1 Å². The third-order valence-electron chi connectivity index (χ3n) is 6.38. The van der Waals surface area contributed by atoms with E-state index in [2.05, 4.69) is 43.4 Å².